The topological polar surface area (TPSA) is 151 Å². The second-order valence-corrected chi connectivity index (χ2v) is 18.4. The van der Waals surface area contributed by atoms with Gasteiger partial charge in [-0.25, -0.2) is 26.3 Å². The van der Waals surface area contributed by atoms with Crippen LogP contribution < -0.4 is 20.1 Å². The lowest BCUT2D eigenvalue weighted by Gasteiger charge is -2.33. The number of benzene rings is 4. The number of carbonyl (C=O) groups is 2. The van der Waals surface area contributed by atoms with Crippen LogP contribution >= 0.6 is 11.8 Å². The van der Waals surface area contributed by atoms with Crippen molar-refractivity contribution in [1.29, 1.82) is 0 Å². The van der Waals surface area contributed by atoms with Gasteiger partial charge in [-0.2, -0.15) is 0 Å². The fourth-order valence-electron chi connectivity index (χ4n) is 6.96. The van der Waals surface area contributed by atoms with Gasteiger partial charge in [0.2, 0.25) is 20.0 Å². The normalized spacial score (nSPS) is 20.7. The van der Waals surface area contributed by atoms with Crippen molar-refractivity contribution in [2.75, 3.05) is 0 Å². The first-order valence-corrected chi connectivity index (χ1v) is 21.8. The monoisotopic (exact) mass is 774 g/mol. The van der Waals surface area contributed by atoms with Crippen molar-refractivity contribution >= 4 is 43.6 Å². The lowest BCUT2D eigenvalue weighted by atomic mass is 9.91. The third-order valence-electron chi connectivity index (χ3n) is 9.92. The molecule has 0 heterocycles. The molecule has 13 heteroatoms. The van der Waals surface area contributed by atoms with Crippen LogP contribution in [0.2, 0.25) is 0 Å². The number of aryl methyl sites for hydroxylation is 2. The Morgan fingerprint density at radius 3 is 1.23 bits per heavy atom. The number of sulfonamides is 2. The molecule has 53 heavy (non-hydrogen) atoms. The van der Waals surface area contributed by atoms with E-state index in [0.717, 1.165) is 36.8 Å². The zero-order chi connectivity index (χ0) is 37.6. The van der Waals surface area contributed by atoms with Gasteiger partial charge in [-0.3, -0.25) is 9.59 Å². The Balaban J connectivity index is 1.15. The SMILES string of the molecule is Cc1ccc(S(=O)(=O)N[C@H]2CCCC[C@@H]2NC(=O)c2ccccc2Sc2ccccc2C(=O)N[C@H]2CCCC[C@@H]2NS(=O)(=O)c2ccc(C)cc2)cc1. The molecule has 0 bridgehead atoms. The van der Waals surface area contributed by atoms with E-state index in [2.05, 4.69) is 20.1 Å². The van der Waals surface area contributed by atoms with Crippen molar-refractivity contribution < 1.29 is 26.4 Å². The third kappa shape index (κ3) is 9.76. The largest absolute Gasteiger partial charge is 0.348 e. The Morgan fingerprint density at radius 2 is 0.849 bits per heavy atom. The standard InChI is InChI=1S/C40H46N4O6S3/c1-27-19-23-29(24-20-27)52(47,48)43-35-15-7-5-13-33(35)41-39(45)31-11-3-9-17-37(31)51-38-18-10-4-12-32(38)40(46)42-34-14-6-8-16-36(34)44-53(49,50)30-25-21-28(2)22-26-30/h3-4,9-12,17-26,33-36,43-44H,5-8,13-16H2,1-2H3,(H,41,45)(H,42,46)/t33-,34-,35-,36-/m0/s1. The van der Waals surface area contributed by atoms with Crippen molar-refractivity contribution in [2.45, 2.75) is 109 Å². The van der Waals surface area contributed by atoms with Crippen LogP contribution in [-0.4, -0.2) is 52.8 Å². The molecule has 2 amide bonds. The fraction of sp³-hybridized carbons (Fsp3) is 0.350. The first-order valence-electron chi connectivity index (χ1n) is 18.1. The molecule has 4 N–H and O–H groups in total. The van der Waals surface area contributed by atoms with E-state index in [1.165, 1.54) is 11.8 Å². The first-order chi connectivity index (χ1) is 25.4. The summed E-state index contributed by atoms with van der Waals surface area (Å²) < 4.78 is 58.6. The van der Waals surface area contributed by atoms with Crippen LogP contribution in [0.15, 0.2) is 117 Å². The molecule has 0 aromatic heterocycles. The highest BCUT2D eigenvalue weighted by Gasteiger charge is 2.33. The minimum Gasteiger partial charge on any atom is -0.348 e. The van der Waals surface area contributed by atoms with Gasteiger partial charge < -0.3 is 10.6 Å². The summed E-state index contributed by atoms with van der Waals surface area (Å²) in [5.41, 5.74) is 2.75. The van der Waals surface area contributed by atoms with E-state index < -0.39 is 44.2 Å². The van der Waals surface area contributed by atoms with Crippen molar-refractivity contribution in [2.24, 2.45) is 0 Å². The molecular weight excluding hydrogens is 729 g/mol. The summed E-state index contributed by atoms with van der Waals surface area (Å²) >= 11 is 1.30. The van der Waals surface area contributed by atoms with Gasteiger partial charge >= 0.3 is 0 Å². The number of hydrogen-bond acceptors (Lipinski definition) is 7. The summed E-state index contributed by atoms with van der Waals surface area (Å²) in [6.07, 6.45) is 5.89. The van der Waals surface area contributed by atoms with Gasteiger partial charge in [0.15, 0.2) is 0 Å². The van der Waals surface area contributed by atoms with E-state index in [0.29, 0.717) is 46.6 Å². The molecule has 2 saturated carbocycles. The fourth-order valence-corrected chi connectivity index (χ4v) is 10.6. The number of amides is 2. The van der Waals surface area contributed by atoms with E-state index in [9.17, 15) is 26.4 Å². The number of rotatable bonds is 12. The molecule has 280 valence electrons. The highest BCUT2D eigenvalue weighted by atomic mass is 32.2. The van der Waals surface area contributed by atoms with Crippen LogP contribution in [0.3, 0.4) is 0 Å². The zero-order valence-electron chi connectivity index (χ0n) is 29.9. The van der Waals surface area contributed by atoms with Crippen LogP contribution in [0.1, 0.15) is 83.2 Å². The van der Waals surface area contributed by atoms with Crippen LogP contribution in [0.4, 0.5) is 0 Å². The third-order valence-corrected chi connectivity index (χ3v) is 14.1. The maximum absolute atomic E-state index is 13.9. The quantitative estimate of drug-likeness (QED) is 0.129. The van der Waals surface area contributed by atoms with E-state index in [-0.39, 0.29) is 21.6 Å². The smallest absolute Gasteiger partial charge is 0.252 e. The van der Waals surface area contributed by atoms with Crippen molar-refractivity contribution in [3.05, 3.63) is 119 Å². The molecule has 0 saturated heterocycles. The lowest BCUT2D eigenvalue weighted by molar-refractivity contribution is 0.0908. The maximum Gasteiger partial charge on any atom is 0.252 e. The predicted molar refractivity (Wildman–Crippen MR) is 207 cm³/mol. The van der Waals surface area contributed by atoms with E-state index in [1.807, 2.05) is 38.1 Å². The zero-order valence-corrected chi connectivity index (χ0v) is 32.3. The Labute approximate surface area is 317 Å². The Kier molecular flexibility index (Phi) is 12.4. The highest BCUT2D eigenvalue weighted by Crippen LogP contribution is 2.34. The van der Waals surface area contributed by atoms with Crippen LogP contribution in [-0.2, 0) is 20.0 Å². The molecule has 0 aliphatic heterocycles. The average Bonchev–Trinajstić information content (AvgIpc) is 3.14. The minimum absolute atomic E-state index is 0.186. The van der Waals surface area contributed by atoms with Crippen molar-refractivity contribution in [3.63, 3.8) is 0 Å². The van der Waals surface area contributed by atoms with E-state index in [1.54, 1.807) is 72.8 Å². The van der Waals surface area contributed by atoms with Gasteiger partial charge in [0.25, 0.3) is 11.8 Å². The second-order valence-electron chi connectivity index (χ2n) is 13.9. The molecule has 0 radical (unpaired) electrons. The van der Waals surface area contributed by atoms with Gasteiger partial charge in [-0.05, 0) is 88.1 Å². The molecule has 6 rings (SSSR count). The highest BCUT2D eigenvalue weighted by molar-refractivity contribution is 7.99. The summed E-state index contributed by atoms with van der Waals surface area (Å²) in [5, 5.41) is 6.22. The Bertz CT molecular complexity index is 1990. The molecule has 2 fully saturated rings. The molecule has 0 unspecified atom stereocenters. The number of hydrogen-bond donors (Lipinski definition) is 4. The second kappa shape index (κ2) is 17.0. The number of carbonyl (C=O) groups excluding carboxylic acids is 2. The lowest BCUT2D eigenvalue weighted by Crippen LogP contribution is -2.53. The van der Waals surface area contributed by atoms with Gasteiger partial charge in [0, 0.05) is 34.0 Å². The van der Waals surface area contributed by atoms with E-state index >= 15 is 0 Å². The molecular formula is C40H46N4O6S3. The molecule has 4 aromatic rings. The van der Waals surface area contributed by atoms with Crippen LogP contribution in [0.25, 0.3) is 0 Å². The molecule has 2 aliphatic rings. The summed E-state index contributed by atoms with van der Waals surface area (Å²) in [6, 6.07) is 25.9. The molecule has 0 spiro atoms. The predicted octanol–water partition coefficient (Wildman–Crippen LogP) is 6.49. The van der Waals surface area contributed by atoms with E-state index in [4.69, 9.17) is 0 Å². The molecule has 4 atom stereocenters. The van der Waals surface area contributed by atoms with Gasteiger partial charge in [0.1, 0.15) is 0 Å². The molecule has 4 aromatic carbocycles. The van der Waals surface area contributed by atoms with Gasteiger partial charge in [0.05, 0.1) is 20.9 Å². The molecule has 10 nitrogen and oxygen atoms in total. The molecule has 2 aliphatic carbocycles. The number of nitrogens with one attached hydrogen (secondary N) is 4. The Morgan fingerprint density at radius 1 is 0.509 bits per heavy atom. The van der Waals surface area contributed by atoms with Crippen LogP contribution in [0, 0.1) is 13.8 Å². The van der Waals surface area contributed by atoms with Crippen LogP contribution in [0.5, 0.6) is 0 Å². The Hall–Kier alpha value is -4.01. The maximum atomic E-state index is 13.9. The summed E-state index contributed by atoms with van der Waals surface area (Å²) in [4.78, 5) is 29.4. The van der Waals surface area contributed by atoms with Crippen molar-refractivity contribution in [3.8, 4) is 0 Å². The summed E-state index contributed by atoms with van der Waals surface area (Å²) in [5.74, 6) is -0.653. The van der Waals surface area contributed by atoms with Gasteiger partial charge in [-0.15, -0.1) is 0 Å². The summed E-state index contributed by atoms with van der Waals surface area (Å²) in [7, 11) is -7.57. The first kappa shape index (κ1) is 38.7. The average molecular weight is 775 g/mol. The minimum atomic E-state index is -3.79. The van der Waals surface area contributed by atoms with Crippen molar-refractivity contribution in [1.82, 2.24) is 20.1 Å². The summed E-state index contributed by atoms with van der Waals surface area (Å²) in [6.45, 7) is 3.80. The van der Waals surface area contributed by atoms with Gasteiger partial charge in [-0.1, -0.05) is 97.1 Å².